The summed E-state index contributed by atoms with van der Waals surface area (Å²) in [5, 5.41) is 14.0. The van der Waals surface area contributed by atoms with Crippen LogP contribution in [0, 0.1) is 18.6 Å². The molecule has 0 aliphatic rings. The number of halogens is 2. The molecule has 0 aliphatic heterocycles. The first kappa shape index (κ1) is 22.1. The van der Waals surface area contributed by atoms with Gasteiger partial charge in [-0.15, -0.1) is 0 Å². The third-order valence-corrected chi connectivity index (χ3v) is 5.57. The molecule has 166 valence electrons. The lowest BCUT2D eigenvalue weighted by Crippen LogP contribution is -2.30. The van der Waals surface area contributed by atoms with Gasteiger partial charge in [-0.05, 0) is 64.7 Å². The maximum atomic E-state index is 14.9. The van der Waals surface area contributed by atoms with Crippen molar-refractivity contribution in [3.63, 3.8) is 0 Å². The van der Waals surface area contributed by atoms with Crippen LogP contribution in [0.1, 0.15) is 33.9 Å². The Balaban J connectivity index is 1.61. The molecule has 4 nitrogen and oxygen atoms in total. The van der Waals surface area contributed by atoms with E-state index in [1.54, 1.807) is 13.0 Å². The molecule has 4 aromatic carbocycles. The van der Waals surface area contributed by atoms with Gasteiger partial charge in [0.15, 0.2) is 0 Å². The largest absolute Gasteiger partial charge is 0.481 e. The summed E-state index contributed by atoms with van der Waals surface area (Å²) in [5.74, 6) is -2.69. The van der Waals surface area contributed by atoms with Gasteiger partial charge in [0.05, 0.1) is 12.5 Å². The molecule has 1 amide bonds. The number of aliphatic carboxylic acids is 1. The summed E-state index contributed by atoms with van der Waals surface area (Å²) < 4.78 is 28.2. The van der Waals surface area contributed by atoms with Crippen LogP contribution >= 0.6 is 0 Å². The fourth-order valence-electron chi connectivity index (χ4n) is 3.90. The smallest absolute Gasteiger partial charge is 0.305 e. The van der Waals surface area contributed by atoms with Gasteiger partial charge in [-0.3, -0.25) is 9.59 Å². The van der Waals surface area contributed by atoms with E-state index in [-0.39, 0.29) is 17.5 Å². The summed E-state index contributed by atoms with van der Waals surface area (Å²) in [6, 6.07) is 20.4. The van der Waals surface area contributed by atoms with Crippen molar-refractivity contribution in [3.8, 4) is 11.1 Å². The normalized spacial score (nSPS) is 11.8. The predicted octanol–water partition coefficient (Wildman–Crippen LogP) is 6.04. The van der Waals surface area contributed by atoms with E-state index >= 15 is 0 Å². The minimum absolute atomic E-state index is 0.0622. The van der Waals surface area contributed by atoms with E-state index in [9.17, 15) is 23.5 Å². The lowest BCUT2D eigenvalue weighted by Gasteiger charge is -2.18. The van der Waals surface area contributed by atoms with Gasteiger partial charge in [-0.2, -0.15) is 0 Å². The lowest BCUT2D eigenvalue weighted by atomic mass is 9.97. The van der Waals surface area contributed by atoms with E-state index < -0.39 is 29.6 Å². The van der Waals surface area contributed by atoms with E-state index in [1.807, 2.05) is 36.4 Å². The first-order chi connectivity index (χ1) is 15.8. The monoisotopic (exact) mass is 445 g/mol. The average Bonchev–Trinajstić information content (AvgIpc) is 2.78. The zero-order chi connectivity index (χ0) is 23.5. The number of hydrogen-bond acceptors (Lipinski definition) is 2. The molecule has 0 radical (unpaired) electrons. The van der Waals surface area contributed by atoms with Crippen molar-refractivity contribution in [1.29, 1.82) is 0 Å². The molecular weight excluding hydrogens is 424 g/mol. The van der Waals surface area contributed by atoms with Gasteiger partial charge in [0.1, 0.15) is 11.6 Å². The molecule has 4 rings (SSSR count). The van der Waals surface area contributed by atoms with Crippen molar-refractivity contribution in [1.82, 2.24) is 5.32 Å². The molecule has 0 heterocycles. The highest BCUT2D eigenvalue weighted by Gasteiger charge is 2.20. The van der Waals surface area contributed by atoms with Crippen LogP contribution in [0.2, 0.25) is 0 Å². The zero-order valence-electron chi connectivity index (χ0n) is 17.8. The molecule has 2 N–H and O–H groups in total. The van der Waals surface area contributed by atoms with Crippen LogP contribution in [-0.4, -0.2) is 17.0 Å². The zero-order valence-corrected chi connectivity index (χ0v) is 17.8. The highest BCUT2D eigenvalue weighted by atomic mass is 19.1. The van der Waals surface area contributed by atoms with Gasteiger partial charge in [0.25, 0.3) is 5.91 Å². The number of carbonyl (C=O) groups excluding carboxylic acids is 1. The third kappa shape index (κ3) is 4.90. The molecule has 0 saturated carbocycles. The predicted molar refractivity (Wildman–Crippen MR) is 123 cm³/mol. The molecule has 1 atom stereocenters. The Hall–Kier alpha value is -4.06. The molecule has 0 fully saturated rings. The van der Waals surface area contributed by atoms with Crippen molar-refractivity contribution < 1.29 is 23.5 Å². The van der Waals surface area contributed by atoms with Crippen LogP contribution in [0.15, 0.2) is 78.9 Å². The number of fused-ring (bicyclic) bond motifs is 1. The Morgan fingerprint density at radius 2 is 1.61 bits per heavy atom. The molecule has 0 saturated heterocycles. The Morgan fingerprint density at radius 3 is 2.30 bits per heavy atom. The number of rotatable bonds is 6. The summed E-state index contributed by atoms with van der Waals surface area (Å²) in [6.45, 7) is 1.68. The van der Waals surface area contributed by atoms with E-state index in [0.717, 1.165) is 16.8 Å². The molecule has 1 unspecified atom stereocenters. The van der Waals surface area contributed by atoms with Gasteiger partial charge in [0.2, 0.25) is 0 Å². The van der Waals surface area contributed by atoms with E-state index in [2.05, 4.69) is 5.32 Å². The summed E-state index contributed by atoms with van der Waals surface area (Å²) in [6.07, 6.45) is -0.320. The highest BCUT2D eigenvalue weighted by molar-refractivity contribution is 5.95. The fourth-order valence-corrected chi connectivity index (χ4v) is 3.90. The third-order valence-electron chi connectivity index (χ3n) is 5.57. The standard InChI is InChI=1S/C27H21F2NO3/c1-16-12-21(28)9-11-22(16)23-10-8-20(14-24(23)29)27(33)30-25(15-26(31)32)19-7-6-17-4-2-3-5-18(17)13-19/h2-14,25H,15H2,1H3,(H,30,33)(H,31,32). The number of carbonyl (C=O) groups is 2. The first-order valence-electron chi connectivity index (χ1n) is 10.4. The topological polar surface area (TPSA) is 66.4 Å². The first-order valence-corrected chi connectivity index (χ1v) is 10.4. The maximum absolute atomic E-state index is 14.9. The number of nitrogens with one attached hydrogen (secondary N) is 1. The van der Waals surface area contributed by atoms with E-state index in [4.69, 9.17) is 0 Å². The second kappa shape index (κ2) is 9.20. The van der Waals surface area contributed by atoms with Gasteiger partial charge in [0, 0.05) is 11.1 Å². The van der Waals surface area contributed by atoms with Crippen LogP contribution in [0.3, 0.4) is 0 Å². The Kier molecular flexibility index (Phi) is 6.18. The number of benzene rings is 4. The van der Waals surface area contributed by atoms with Gasteiger partial charge in [-0.25, -0.2) is 8.78 Å². The van der Waals surface area contributed by atoms with Crippen LogP contribution in [-0.2, 0) is 4.79 Å². The van der Waals surface area contributed by atoms with Crippen LogP contribution in [0.5, 0.6) is 0 Å². The Bertz CT molecular complexity index is 1370. The Morgan fingerprint density at radius 1 is 0.879 bits per heavy atom. The second-order valence-corrected chi connectivity index (χ2v) is 7.88. The SMILES string of the molecule is Cc1cc(F)ccc1-c1ccc(C(=O)NC(CC(=O)O)c2ccc3ccccc3c2)cc1F. The maximum Gasteiger partial charge on any atom is 0.305 e. The van der Waals surface area contributed by atoms with Crippen LogP contribution < -0.4 is 5.32 Å². The molecule has 0 spiro atoms. The van der Waals surface area contributed by atoms with Gasteiger partial charge >= 0.3 is 5.97 Å². The summed E-state index contributed by atoms with van der Waals surface area (Å²) in [7, 11) is 0. The molecular formula is C27H21F2NO3. The second-order valence-electron chi connectivity index (χ2n) is 7.88. The summed E-state index contributed by atoms with van der Waals surface area (Å²) >= 11 is 0. The lowest BCUT2D eigenvalue weighted by molar-refractivity contribution is -0.137. The van der Waals surface area contributed by atoms with Crippen molar-refractivity contribution in [2.45, 2.75) is 19.4 Å². The molecule has 0 aliphatic carbocycles. The molecule has 33 heavy (non-hydrogen) atoms. The number of aryl methyl sites for hydroxylation is 1. The van der Waals surface area contributed by atoms with Crippen LogP contribution in [0.4, 0.5) is 8.78 Å². The Labute approximate surface area is 189 Å². The molecule has 0 aromatic heterocycles. The van der Waals surface area contributed by atoms with Crippen molar-refractivity contribution in [3.05, 3.63) is 107 Å². The van der Waals surface area contributed by atoms with Crippen molar-refractivity contribution in [2.75, 3.05) is 0 Å². The quantitative estimate of drug-likeness (QED) is 0.380. The number of amides is 1. The fraction of sp³-hybridized carbons (Fsp3) is 0.111. The minimum Gasteiger partial charge on any atom is -0.481 e. The summed E-state index contributed by atoms with van der Waals surface area (Å²) in [5.41, 5.74) is 2.06. The van der Waals surface area contributed by atoms with Crippen molar-refractivity contribution in [2.24, 2.45) is 0 Å². The van der Waals surface area contributed by atoms with E-state index in [0.29, 0.717) is 16.7 Å². The van der Waals surface area contributed by atoms with Gasteiger partial charge in [-0.1, -0.05) is 48.5 Å². The number of hydrogen-bond donors (Lipinski definition) is 2. The van der Waals surface area contributed by atoms with Crippen LogP contribution in [0.25, 0.3) is 21.9 Å². The average molecular weight is 445 g/mol. The van der Waals surface area contributed by atoms with Gasteiger partial charge < -0.3 is 10.4 Å². The number of carboxylic acid groups (broad SMARTS) is 1. The molecule has 0 bridgehead atoms. The number of carboxylic acids is 1. The highest BCUT2D eigenvalue weighted by Crippen LogP contribution is 2.28. The minimum atomic E-state index is -1.07. The molecule has 6 heteroatoms. The van der Waals surface area contributed by atoms with Crippen molar-refractivity contribution >= 4 is 22.6 Å². The molecule has 4 aromatic rings. The van der Waals surface area contributed by atoms with E-state index in [1.165, 1.54) is 30.3 Å². The summed E-state index contributed by atoms with van der Waals surface area (Å²) in [4.78, 5) is 24.3.